The van der Waals surface area contributed by atoms with Crippen LogP contribution < -0.4 is 16.4 Å². The van der Waals surface area contributed by atoms with Crippen molar-refractivity contribution < 1.29 is 23.9 Å². The molecule has 8 heteroatoms. The zero-order valence-electron chi connectivity index (χ0n) is 18.9. The van der Waals surface area contributed by atoms with Crippen LogP contribution in [0.5, 0.6) is 0 Å². The van der Waals surface area contributed by atoms with E-state index in [1.807, 2.05) is 30.3 Å². The molecule has 0 saturated heterocycles. The Morgan fingerprint density at radius 2 is 1.53 bits per heavy atom. The Morgan fingerprint density at radius 3 is 2.09 bits per heavy atom. The number of nitrogens with two attached hydrogens (primary N) is 1. The summed E-state index contributed by atoms with van der Waals surface area (Å²) in [5, 5.41) is 5.32. The average Bonchev–Trinajstić information content (AvgIpc) is 2.73. The first-order valence-electron chi connectivity index (χ1n) is 10.3. The molecule has 0 aliphatic carbocycles. The summed E-state index contributed by atoms with van der Waals surface area (Å²) in [4.78, 5) is 36.5. The number of carbonyl (C=O) groups is 3. The molecule has 1 unspecified atom stereocenters. The molecule has 2 aromatic carbocycles. The number of alkyl carbamates (subject to hydrolysis) is 1. The maximum atomic E-state index is 12.4. The molecule has 0 spiro atoms. The van der Waals surface area contributed by atoms with Gasteiger partial charge in [-0.15, -0.1) is 0 Å². The predicted molar refractivity (Wildman–Crippen MR) is 122 cm³/mol. The molecule has 0 aliphatic heterocycles. The van der Waals surface area contributed by atoms with Crippen LogP contribution in [0.1, 0.15) is 31.9 Å². The van der Waals surface area contributed by atoms with Crippen molar-refractivity contribution in [2.24, 2.45) is 5.73 Å². The van der Waals surface area contributed by atoms with Crippen LogP contribution in [0.3, 0.4) is 0 Å². The molecule has 32 heavy (non-hydrogen) atoms. The monoisotopic (exact) mass is 441 g/mol. The third-order valence-corrected chi connectivity index (χ3v) is 4.47. The van der Waals surface area contributed by atoms with Crippen molar-refractivity contribution in [3.63, 3.8) is 0 Å². The molecule has 172 valence electrons. The number of rotatable bonds is 8. The van der Waals surface area contributed by atoms with Gasteiger partial charge < -0.3 is 25.8 Å². The molecular weight excluding hydrogens is 410 g/mol. The van der Waals surface area contributed by atoms with Gasteiger partial charge in [0, 0.05) is 12.1 Å². The Bertz CT molecular complexity index is 907. The van der Waals surface area contributed by atoms with Gasteiger partial charge in [0.1, 0.15) is 11.6 Å². The molecule has 0 heterocycles. The zero-order chi connectivity index (χ0) is 23.7. The van der Waals surface area contributed by atoms with E-state index in [0.717, 1.165) is 11.1 Å². The molecule has 0 saturated carbocycles. The summed E-state index contributed by atoms with van der Waals surface area (Å²) in [7, 11) is 1.25. The van der Waals surface area contributed by atoms with Crippen molar-refractivity contribution in [3.05, 3.63) is 65.7 Å². The third-order valence-electron chi connectivity index (χ3n) is 4.47. The minimum absolute atomic E-state index is 0.202. The number of hydrogen-bond donors (Lipinski definition) is 3. The number of ether oxygens (including phenoxy) is 2. The van der Waals surface area contributed by atoms with Crippen LogP contribution in [-0.4, -0.2) is 42.8 Å². The lowest BCUT2D eigenvalue weighted by molar-refractivity contribution is -0.143. The first-order chi connectivity index (χ1) is 15.1. The van der Waals surface area contributed by atoms with E-state index in [0.29, 0.717) is 12.1 Å². The Balaban J connectivity index is 1.96. The highest BCUT2D eigenvalue weighted by Gasteiger charge is 2.25. The van der Waals surface area contributed by atoms with E-state index in [4.69, 9.17) is 15.2 Å². The van der Waals surface area contributed by atoms with Crippen molar-refractivity contribution in [2.45, 2.75) is 51.3 Å². The van der Waals surface area contributed by atoms with Crippen molar-refractivity contribution >= 4 is 23.7 Å². The zero-order valence-corrected chi connectivity index (χ0v) is 18.9. The molecule has 0 bridgehead atoms. The van der Waals surface area contributed by atoms with E-state index in [9.17, 15) is 14.4 Å². The number of methoxy groups -OCH3 is 1. The Labute approximate surface area is 188 Å². The summed E-state index contributed by atoms with van der Waals surface area (Å²) in [6.07, 6.45) is -0.0700. The second-order valence-corrected chi connectivity index (χ2v) is 8.41. The van der Waals surface area contributed by atoms with Gasteiger partial charge in [-0.2, -0.15) is 0 Å². The van der Waals surface area contributed by atoms with Crippen LogP contribution in [0, 0.1) is 0 Å². The molecule has 0 fully saturated rings. The number of benzene rings is 2. The third kappa shape index (κ3) is 8.39. The number of carbonyl (C=O) groups excluding carboxylic acids is 3. The Kier molecular flexibility index (Phi) is 8.78. The second kappa shape index (κ2) is 11.3. The highest BCUT2D eigenvalue weighted by molar-refractivity contribution is 5.94. The molecule has 0 aliphatic rings. The van der Waals surface area contributed by atoms with Gasteiger partial charge in [0.05, 0.1) is 13.2 Å². The number of hydrogen-bond acceptors (Lipinski definition) is 6. The van der Waals surface area contributed by atoms with Crippen LogP contribution in [0.2, 0.25) is 0 Å². The van der Waals surface area contributed by atoms with Crippen LogP contribution in [0.15, 0.2) is 54.6 Å². The molecule has 2 amide bonds. The standard InChI is InChI=1S/C24H31N3O5/c1-24(2,3)32-23(30)27-20(22(29)31-4)15-17-10-12-18(13-11-17)26-21(28)19(25)14-16-8-6-5-7-9-16/h5-13,19-20H,14-15,25H2,1-4H3,(H,26,28)(H,27,30)/t19?,20-/m0/s1. The molecular formula is C24H31N3O5. The minimum atomic E-state index is -0.908. The summed E-state index contributed by atoms with van der Waals surface area (Å²) in [6, 6.07) is 14.9. The number of esters is 1. The van der Waals surface area contributed by atoms with Gasteiger partial charge in [-0.25, -0.2) is 9.59 Å². The van der Waals surface area contributed by atoms with Crippen LogP contribution in [0.25, 0.3) is 0 Å². The van der Waals surface area contributed by atoms with Crippen LogP contribution in [0.4, 0.5) is 10.5 Å². The van der Waals surface area contributed by atoms with E-state index in [1.54, 1.807) is 45.0 Å². The minimum Gasteiger partial charge on any atom is -0.467 e. The van der Waals surface area contributed by atoms with Gasteiger partial charge in [0.15, 0.2) is 0 Å². The summed E-state index contributed by atoms with van der Waals surface area (Å²) in [6.45, 7) is 5.20. The largest absolute Gasteiger partial charge is 0.467 e. The lowest BCUT2D eigenvalue weighted by atomic mass is 10.0. The first kappa shape index (κ1) is 24.9. The summed E-state index contributed by atoms with van der Waals surface area (Å²) in [5.74, 6) is -0.874. The van der Waals surface area contributed by atoms with Crippen LogP contribution in [-0.2, 0) is 31.9 Å². The molecule has 4 N–H and O–H groups in total. The fraction of sp³-hybridized carbons (Fsp3) is 0.375. The fourth-order valence-electron chi connectivity index (χ4n) is 2.94. The predicted octanol–water partition coefficient (Wildman–Crippen LogP) is 2.80. The maximum Gasteiger partial charge on any atom is 0.408 e. The molecule has 2 rings (SSSR count). The van der Waals surface area contributed by atoms with Crippen LogP contribution >= 0.6 is 0 Å². The summed E-state index contributed by atoms with van der Waals surface area (Å²) < 4.78 is 10.00. The quantitative estimate of drug-likeness (QED) is 0.542. The number of amides is 2. The van der Waals surface area contributed by atoms with E-state index < -0.39 is 29.7 Å². The second-order valence-electron chi connectivity index (χ2n) is 8.41. The van der Waals surface area contributed by atoms with Gasteiger partial charge in [-0.1, -0.05) is 42.5 Å². The SMILES string of the molecule is COC(=O)[C@H](Cc1ccc(NC(=O)C(N)Cc2ccccc2)cc1)NC(=O)OC(C)(C)C. The average molecular weight is 442 g/mol. The lowest BCUT2D eigenvalue weighted by Gasteiger charge is -2.22. The van der Waals surface area contributed by atoms with Gasteiger partial charge in [0.2, 0.25) is 5.91 Å². The molecule has 8 nitrogen and oxygen atoms in total. The topological polar surface area (TPSA) is 120 Å². The van der Waals surface area contributed by atoms with Gasteiger partial charge in [0.25, 0.3) is 0 Å². The van der Waals surface area contributed by atoms with Crippen molar-refractivity contribution in [2.75, 3.05) is 12.4 Å². The highest BCUT2D eigenvalue weighted by Crippen LogP contribution is 2.14. The first-order valence-corrected chi connectivity index (χ1v) is 10.3. The Hall–Kier alpha value is -3.39. The van der Waals surface area contributed by atoms with E-state index in [1.165, 1.54) is 7.11 Å². The number of nitrogens with one attached hydrogen (secondary N) is 2. The lowest BCUT2D eigenvalue weighted by Crippen LogP contribution is -2.45. The smallest absolute Gasteiger partial charge is 0.408 e. The fourth-order valence-corrected chi connectivity index (χ4v) is 2.94. The number of anilines is 1. The highest BCUT2D eigenvalue weighted by atomic mass is 16.6. The van der Waals surface area contributed by atoms with Crippen molar-refractivity contribution in [1.82, 2.24) is 5.32 Å². The van der Waals surface area contributed by atoms with Gasteiger partial charge >= 0.3 is 12.1 Å². The molecule has 0 radical (unpaired) electrons. The maximum absolute atomic E-state index is 12.4. The van der Waals surface area contributed by atoms with E-state index >= 15 is 0 Å². The van der Waals surface area contributed by atoms with Gasteiger partial charge in [-0.05, 0) is 50.5 Å². The van der Waals surface area contributed by atoms with E-state index in [-0.39, 0.29) is 12.3 Å². The summed E-state index contributed by atoms with van der Waals surface area (Å²) >= 11 is 0. The Morgan fingerprint density at radius 1 is 0.938 bits per heavy atom. The molecule has 2 atom stereocenters. The van der Waals surface area contributed by atoms with Crippen molar-refractivity contribution in [1.29, 1.82) is 0 Å². The van der Waals surface area contributed by atoms with Gasteiger partial charge in [-0.3, -0.25) is 4.79 Å². The van der Waals surface area contributed by atoms with Crippen molar-refractivity contribution in [3.8, 4) is 0 Å². The summed E-state index contributed by atoms with van der Waals surface area (Å²) in [5.41, 5.74) is 7.66. The van der Waals surface area contributed by atoms with E-state index in [2.05, 4.69) is 10.6 Å². The molecule has 2 aromatic rings. The normalized spacial score (nSPS) is 12.9. The molecule has 0 aromatic heterocycles.